The van der Waals surface area contributed by atoms with E-state index in [2.05, 4.69) is 19.9 Å². The molecule has 0 spiro atoms. The first-order chi connectivity index (χ1) is 18.6. The van der Waals surface area contributed by atoms with Gasteiger partial charge in [0.1, 0.15) is 17.1 Å². The topological polar surface area (TPSA) is 58.9 Å². The lowest BCUT2D eigenvalue weighted by molar-refractivity contribution is -0.274. The first kappa shape index (κ1) is 26.9. The second-order valence-corrected chi connectivity index (χ2v) is 10.2. The number of aromatic nitrogens is 2. The van der Waals surface area contributed by atoms with Crippen LogP contribution >= 0.6 is 11.6 Å². The van der Waals surface area contributed by atoms with Crippen LogP contribution in [0.25, 0.3) is 5.65 Å². The number of halogens is 4. The molecule has 0 bridgehead atoms. The standard InChI is InChI=1S/C29H28ClF3N4O2/c1-3-25-27(37-17-21(30)8-13-26(37)35-25)28(38)34-16-18-4-9-22(10-5-18)36(2)23-14-20(15-23)19-6-11-24(12-7-19)39-29(31,32)33/h4-13,17,20,23H,3,14-16H2,1-2H3,(H,34,38). The first-order valence-corrected chi connectivity index (χ1v) is 13.1. The van der Waals surface area contributed by atoms with E-state index in [4.69, 9.17) is 11.6 Å². The maximum absolute atomic E-state index is 13.0. The second kappa shape index (κ2) is 10.8. The number of anilines is 1. The zero-order chi connectivity index (χ0) is 27.7. The van der Waals surface area contributed by atoms with Crippen molar-refractivity contribution in [3.63, 3.8) is 0 Å². The number of nitrogens with zero attached hydrogens (tertiary/aromatic N) is 3. The van der Waals surface area contributed by atoms with Gasteiger partial charge in [0.05, 0.1) is 10.7 Å². The summed E-state index contributed by atoms with van der Waals surface area (Å²) in [4.78, 5) is 19.8. The summed E-state index contributed by atoms with van der Waals surface area (Å²) < 4.78 is 42.8. The minimum Gasteiger partial charge on any atom is -0.406 e. The number of amides is 1. The van der Waals surface area contributed by atoms with Gasteiger partial charge >= 0.3 is 6.36 Å². The van der Waals surface area contributed by atoms with E-state index < -0.39 is 6.36 Å². The van der Waals surface area contributed by atoms with Crippen molar-refractivity contribution < 1.29 is 22.7 Å². The molecule has 1 saturated carbocycles. The Bertz CT molecular complexity index is 1460. The maximum atomic E-state index is 13.0. The first-order valence-electron chi connectivity index (χ1n) is 12.7. The van der Waals surface area contributed by atoms with Gasteiger partial charge in [0.15, 0.2) is 0 Å². The average Bonchev–Trinajstić information content (AvgIpc) is 3.24. The monoisotopic (exact) mass is 556 g/mol. The van der Waals surface area contributed by atoms with Crippen LogP contribution < -0.4 is 15.0 Å². The summed E-state index contributed by atoms with van der Waals surface area (Å²) in [5.74, 6) is -0.111. The van der Waals surface area contributed by atoms with E-state index in [1.165, 1.54) is 12.1 Å². The largest absolute Gasteiger partial charge is 0.573 e. The van der Waals surface area contributed by atoms with Crippen LogP contribution in [-0.4, -0.2) is 34.7 Å². The third-order valence-electron chi connectivity index (χ3n) is 7.25. The van der Waals surface area contributed by atoms with Gasteiger partial charge in [-0.15, -0.1) is 13.2 Å². The quantitative estimate of drug-likeness (QED) is 0.260. The summed E-state index contributed by atoms with van der Waals surface area (Å²) in [5.41, 5.74) is 4.94. The van der Waals surface area contributed by atoms with Crippen LogP contribution in [0.2, 0.25) is 5.02 Å². The summed E-state index contributed by atoms with van der Waals surface area (Å²) in [7, 11) is 2.04. The van der Waals surface area contributed by atoms with Gasteiger partial charge in [-0.2, -0.15) is 0 Å². The van der Waals surface area contributed by atoms with Crippen LogP contribution in [0.5, 0.6) is 5.75 Å². The highest BCUT2D eigenvalue weighted by molar-refractivity contribution is 6.30. The fourth-order valence-electron chi connectivity index (χ4n) is 5.00. The molecular formula is C29H28ClF3N4O2. The molecule has 204 valence electrons. The van der Waals surface area contributed by atoms with Crippen LogP contribution in [0.15, 0.2) is 66.9 Å². The minimum atomic E-state index is -4.69. The molecule has 5 rings (SSSR count). The maximum Gasteiger partial charge on any atom is 0.573 e. The summed E-state index contributed by atoms with van der Waals surface area (Å²) in [5, 5.41) is 3.52. The van der Waals surface area contributed by atoms with E-state index in [-0.39, 0.29) is 11.7 Å². The Hall–Kier alpha value is -3.72. The smallest absolute Gasteiger partial charge is 0.406 e. The third kappa shape index (κ3) is 5.98. The molecule has 1 fully saturated rings. The van der Waals surface area contributed by atoms with Gasteiger partial charge in [-0.25, -0.2) is 4.98 Å². The number of nitrogens with one attached hydrogen (secondary N) is 1. The summed E-state index contributed by atoms with van der Waals surface area (Å²) in [6.07, 6.45) is -0.531. The van der Waals surface area contributed by atoms with E-state index in [9.17, 15) is 18.0 Å². The predicted molar refractivity (Wildman–Crippen MR) is 144 cm³/mol. The number of benzene rings is 2. The van der Waals surface area contributed by atoms with Crippen molar-refractivity contribution in [2.24, 2.45) is 0 Å². The normalized spacial score (nSPS) is 17.1. The predicted octanol–water partition coefficient (Wildman–Crippen LogP) is 6.76. The molecular weight excluding hydrogens is 529 g/mol. The van der Waals surface area contributed by atoms with Crippen molar-refractivity contribution in [2.75, 3.05) is 11.9 Å². The van der Waals surface area contributed by atoms with Crippen LogP contribution in [0.1, 0.15) is 53.0 Å². The van der Waals surface area contributed by atoms with Crippen LogP contribution in [0.3, 0.4) is 0 Å². The zero-order valence-corrected chi connectivity index (χ0v) is 22.3. The highest BCUT2D eigenvalue weighted by atomic mass is 35.5. The van der Waals surface area contributed by atoms with Crippen LogP contribution in [-0.2, 0) is 13.0 Å². The Balaban J connectivity index is 1.15. The fraction of sp³-hybridized carbons (Fsp3) is 0.310. The van der Waals surface area contributed by atoms with Gasteiger partial charge in [0, 0.05) is 31.5 Å². The Morgan fingerprint density at radius 2 is 1.79 bits per heavy atom. The van der Waals surface area contributed by atoms with Crippen molar-refractivity contribution in [1.82, 2.24) is 14.7 Å². The third-order valence-corrected chi connectivity index (χ3v) is 7.47. The minimum absolute atomic E-state index is 0.204. The molecule has 0 radical (unpaired) electrons. The number of carbonyl (C=O) groups is 1. The molecule has 0 unspecified atom stereocenters. The van der Waals surface area contributed by atoms with E-state index in [1.807, 2.05) is 38.2 Å². The number of pyridine rings is 1. The molecule has 1 aliphatic carbocycles. The molecule has 0 atom stereocenters. The van der Waals surface area contributed by atoms with Gasteiger partial charge in [-0.05, 0) is 72.7 Å². The zero-order valence-electron chi connectivity index (χ0n) is 21.5. The number of imidazole rings is 1. The van der Waals surface area contributed by atoms with Crippen molar-refractivity contribution in [2.45, 2.75) is 51.1 Å². The van der Waals surface area contributed by atoms with E-state index in [1.54, 1.807) is 34.9 Å². The van der Waals surface area contributed by atoms with E-state index in [0.29, 0.717) is 41.3 Å². The number of fused-ring (bicyclic) bond motifs is 1. The van der Waals surface area contributed by atoms with Crippen LogP contribution in [0.4, 0.5) is 18.9 Å². The lowest BCUT2D eigenvalue weighted by Crippen LogP contribution is -2.41. The fourth-order valence-corrected chi connectivity index (χ4v) is 5.16. The number of ether oxygens (including phenoxy) is 1. The van der Waals surface area contributed by atoms with Gasteiger partial charge in [0.25, 0.3) is 5.91 Å². The van der Waals surface area contributed by atoms with Gasteiger partial charge in [0.2, 0.25) is 0 Å². The molecule has 2 heterocycles. The molecule has 2 aromatic carbocycles. The highest BCUT2D eigenvalue weighted by Gasteiger charge is 2.34. The molecule has 39 heavy (non-hydrogen) atoms. The van der Waals surface area contributed by atoms with Crippen molar-refractivity contribution in [1.29, 1.82) is 0 Å². The molecule has 0 saturated heterocycles. The lowest BCUT2D eigenvalue weighted by Gasteiger charge is -2.42. The Kier molecular flexibility index (Phi) is 7.44. The summed E-state index contributed by atoms with van der Waals surface area (Å²) >= 11 is 6.14. The SMILES string of the molecule is CCc1nc2ccc(Cl)cn2c1C(=O)NCc1ccc(N(C)C2CC(c3ccc(OC(F)(F)F)cc3)C2)cc1. The number of hydrogen-bond acceptors (Lipinski definition) is 4. The van der Waals surface area contributed by atoms with E-state index in [0.717, 1.165) is 35.3 Å². The molecule has 1 N–H and O–H groups in total. The number of rotatable bonds is 8. The number of aryl methyl sites for hydroxylation is 1. The van der Waals surface area contributed by atoms with E-state index >= 15 is 0 Å². The average molecular weight is 557 g/mol. The van der Waals surface area contributed by atoms with Crippen molar-refractivity contribution >= 4 is 28.8 Å². The molecule has 0 aliphatic heterocycles. The molecule has 1 aliphatic rings. The number of hydrogen-bond donors (Lipinski definition) is 1. The van der Waals surface area contributed by atoms with Crippen LogP contribution in [0, 0.1) is 0 Å². The summed E-state index contributed by atoms with van der Waals surface area (Å²) in [6.45, 7) is 2.34. The molecule has 6 nitrogen and oxygen atoms in total. The number of alkyl halides is 3. The van der Waals surface area contributed by atoms with Gasteiger partial charge in [-0.1, -0.05) is 42.8 Å². The number of carbonyl (C=O) groups excluding carboxylic acids is 1. The van der Waals surface area contributed by atoms with Crippen molar-refractivity contribution in [3.05, 3.63) is 94.4 Å². The molecule has 10 heteroatoms. The Labute approximate surface area is 229 Å². The van der Waals surface area contributed by atoms with Gasteiger partial charge < -0.3 is 15.0 Å². The Morgan fingerprint density at radius 3 is 2.44 bits per heavy atom. The van der Waals surface area contributed by atoms with Crippen molar-refractivity contribution in [3.8, 4) is 5.75 Å². The molecule has 2 aromatic heterocycles. The Morgan fingerprint density at radius 1 is 1.10 bits per heavy atom. The molecule has 1 amide bonds. The second-order valence-electron chi connectivity index (χ2n) is 9.74. The summed E-state index contributed by atoms with van der Waals surface area (Å²) in [6, 6.07) is 18.1. The highest BCUT2D eigenvalue weighted by Crippen LogP contribution is 2.41. The van der Waals surface area contributed by atoms with Gasteiger partial charge in [-0.3, -0.25) is 9.20 Å². The molecule has 4 aromatic rings. The lowest BCUT2D eigenvalue weighted by atomic mass is 9.75.